The number of sulfone groups is 1. The Morgan fingerprint density at radius 3 is 2.68 bits per heavy atom. The van der Waals surface area contributed by atoms with Crippen molar-refractivity contribution in [3.8, 4) is 0 Å². The molecule has 0 fully saturated rings. The second-order valence-electron chi connectivity index (χ2n) is 5.24. The van der Waals surface area contributed by atoms with E-state index < -0.39 is 9.84 Å². The number of carbonyl (C=O) groups excluding carboxylic acids is 1. The lowest BCUT2D eigenvalue weighted by Crippen LogP contribution is -2.23. The molecule has 1 aliphatic heterocycles. The lowest BCUT2D eigenvalue weighted by molar-refractivity contribution is 0.0950. The van der Waals surface area contributed by atoms with E-state index in [1.54, 1.807) is 12.1 Å². The number of hydrogen-bond donors (Lipinski definition) is 1. The van der Waals surface area contributed by atoms with Gasteiger partial charge in [0.15, 0.2) is 9.84 Å². The number of rotatable bonds is 3. The molecule has 1 N–H and O–H groups in total. The van der Waals surface area contributed by atoms with Gasteiger partial charge in [0.1, 0.15) is 0 Å². The third-order valence-electron chi connectivity index (χ3n) is 3.57. The van der Waals surface area contributed by atoms with E-state index in [4.69, 9.17) is 0 Å². The Balaban J connectivity index is 1.83. The maximum Gasteiger partial charge on any atom is 0.252 e. The number of amides is 1. The van der Waals surface area contributed by atoms with Gasteiger partial charge in [0.05, 0.1) is 4.90 Å². The second-order valence-corrected chi connectivity index (χ2v) is 7.04. The quantitative estimate of drug-likeness (QED) is 0.947. The van der Waals surface area contributed by atoms with Crippen LogP contribution in [0.1, 0.15) is 27.0 Å². The zero-order chi connectivity index (χ0) is 15.7. The first kappa shape index (κ1) is 14.5. The van der Waals surface area contributed by atoms with Crippen LogP contribution in [0.3, 0.4) is 0 Å². The summed E-state index contributed by atoms with van der Waals surface area (Å²) in [4.78, 5) is 12.5. The van der Waals surface area contributed by atoms with E-state index in [0.717, 1.165) is 16.5 Å². The molecule has 1 amide bonds. The van der Waals surface area contributed by atoms with Crippen molar-refractivity contribution in [3.63, 3.8) is 0 Å². The normalized spacial score (nSPS) is 14.6. The van der Waals surface area contributed by atoms with Gasteiger partial charge in [0.2, 0.25) is 0 Å². The van der Waals surface area contributed by atoms with Crippen molar-refractivity contribution in [2.45, 2.75) is 18.4 Å². The number of hydrogen-bond acceptors (Lipinski definition) is 3. The zero-order valence-corrected chi connectivity index (χ0v) is 12.9. The van der Waals surface area contributed by atoms with Crippen molar-refractivity contribution in [1.82, 2.24) is 5.32 Å². The fraction of sp³-hybridized carbons (Fsp3) is 0.118. The molecule has 1 aliphatic rings. The molecule has 22 heavy (non-hydrogen) atoms. The molecule has 3 rings (SSSR count). The van der Waals surface area contributed by atoms with Crippen LogP contribution in [-0.4, -0.2) is 14.3 Å². The average molecular weight is 313 g/mol. The van der Waals surface area contributed by atoms with E-state index in [0.29, 0.717) is 17.7 Å². The predicted molar refractivity (Wildman–Crippen MR) is 85.0 cm³/mol. The molecule has 2 aromatic rings. The van der Waals surface area contributed by atoms with E-state index in [2.05, 4.69) is 5.32 Å². The molecule has 0 unspecified atom stereocenters. The molecule has 0 spiro atoms. The highest BCUT2D eigenvalue weighted by Crippen LogP contribution is 2.29. The fourth-order valence-electron chi connectivity index (χ4n) is 2.49. The highest BCUT2D eigenvalue weighted by molar-refractivity contribution is 7.94. The molecule has 0 saturated carbocycles. The Labute approximate surface area is 129 Å². The zero-order valence-electron chi connectivity index (χ0n) is 12.0. The van der Waals surface area contributed by atoms with E-state index in [1.165, 1.54) is 12.1 Å². The van der Waals surface area contributed by atoms with Crippen LogP contribution < -0.4 is 5.32 Å². The maximum absolute atomic E-state index is 12.3. The molecule has 0 saturated heterocycles. The van der Waals surface area contributed by atoms with Gasteiger partial charge in [-0.15, -0.1) is 0 Å². The molecule has 112 valence electrons. The molecule has 2 aromatic carbocycles. The summed E-state index contributed by atoms with van der Waals surface area (Å²) in [5.41, 5.74) is 2.97. The minimum atomic E-state index is -3.39. The number of aryl methyl sites for hydroxylation is 1. The van der Waals surface area contributed by atoms with Crippen LogP contribution in [0.15, 0.2) is 52.8 Å². The molecule has 5 heteroatoms. The van der Waals surface area contributed by atoms with E-state index in [9.17, 15) is 13.2 Å². The van der Waals surface area contributed by atoms with Crippen LogP contribution in [0.25, 0.3) is 6.08 Å². The SMILES string of the molecule is Cc1cccc(CNC(=O)c2cccc3c2C=CS3(=O)=O)c1. The van der Waals surface area contributed by atoms with E-state index in [1.807, 2.05) is 31.2 Å². The van der Waals surface area contributed by atoms with E-state index >= 15 is 0 Å². The highest BCUT2D eigenvalue weighted by atomic mass is 32.2. The van der Waals surface area contributed by atoms with Gasteiger partial charge in [0, 0.05) is 23.1 Å². The smallest absolute Gasteiger partial charge is 0.252 e. The fourth-order valence-corrected chi connectivity index (χ4v) is 3.71. The first-order valence-electron chi connectivity index (χ1n) is 6.87. The van der Waals surface area contributed by atoms with Gasteiger partial charge in [-0.25, -0.2) is 8.42 Å². The Hall–Kier alpha value is -2.40. The third kappa shape index (κ3) is 2.67. The Morgan fingerprint density at radius 1 is 1.14 bits per heavy atom. The van der Waals surface area contributed by atoms with Gasteiger partial charge in [-0.1, -0.05) is 35.9 Å². The molecule has 0 aromatic heterocycles. The summed E-state index contributed by atoms with van der Waals surface area (Å²) < 4.78 is 23.7. The summed E-state index contributed by atoms with van der Waals surface area (Å²) >= 11 is 0. The van der Waals surface area contributed by atoms with Crippen molar-refractivity contribution >= 4 is 21.8 Å². The minimum absolute atomic E-state index is 0.190. The lowest BCUT2D eigenvalue weighted by atomic mass is 10.1. The van der Waals surface area contributed by atoms with E-state index in [-0.39, 0.29) is 10.8 Å². The molecule has 0 radical (unpaired) electrons. The van der Waals surface area contributed by atoms with Gasteiger partial charge in [0.25, 0.3) is 5.91 Å². The van der Waals surface area contributed by atoms with Crippen molar-refractivity contribution in [3.05, 3.63) is 70.1 Å². The predicted octanol–water partition coefficient (Wildman–Crippen LogP) is 2.68. The van der Waals surface area contributed by atoms with Gasteiger partial charge < -0.3 is 5.32 Å². The summed E-state index contributed by atoms with van der Waals surface area (Å²) in [5, 5.41) is 3.97. The van der Waals surface area contributed by atoms with Crippen LogP contribution in [0.4, 0.5) is 0 Å². The van der Waals surface area contributed by atoms with Gasteiger partial charge >= 0.3 is 0 Å². The number of fused-ring (bicyclic) bond motifs is 1. The van der Waals surface area contributed by atoms with Gasteiger partial charge in [-0.3, -0.25) is 4.79 Å². The maximum atomic E-state index is 12.3. The molecule has 0 atom stereocenters. The molecular formula is C17H15NO3S. The monoisotopic (exact) mass is 313 g/mol. The highest BCUT2D eigenvalue weighted by Gasteiger charge is 2.24. The Kier molecular flexibility index (Phi) is 3.58. The van der Waals surface area contributed by atoms with Crippen molar-refractivity contribution in [2.75, 3.05) is 0 Å². The number of benzene rings is 2. The van der Waals surface area contributed by atoms with Crippen LogP contribution >= 0.6 is 0 Å². The van der Waals surface area contributed by atoms with Crippen molar-refractivity contribution in [1.29, 1.82) is 0 Å². The summed E-state index contributed by atoms with van der Waals surface area (Å²) in [6.45, 7) is 2.39. The summed E-state index contributed by atoms with van der Waals surface area (Å²) in [7, 11) is -3.39. The molecule has 1 heterocycles. The van der Waals surface area contributed by atoms with Crippen LogP contribution in [0.5, 0.6) is 0 Å². The topological polar surface area (TPSA) is 63.2 Å². The largest absolute Gasteiger partial charge is 0.348 e. The molecule has 4 nitrogen and oxygen atoms in total. The van der Waals surface area contributed by atoms with Crippen LogP contribution in [0.2, 0.25) is 0 Å². The average Bonchev–Trinajstić information content (AvgIpc) is 2.81. The minimum Gasteiger partial charge on any atom is -0.348 e. The molecular weight excluding hydrogens is 298 g/mol. The van der Waals surface area contributed by atoms with Crippen LogP contribution in [0, 0.1) is 6.92 Å². The summed E-state index contributed by atoms with van der Waals surface area (Å²) in [6.07, 6.45) is 1.48. The molecule has 0 aliphatic carbocycles. The first-order valence-corrected chi connectivity index (χ1v) is 8.42. The number of nitrogens with one attached hydrogen (secondary N) is 1. The second kappa shape index (κ2) is 5.42. The third-order valence-corrected chi connectivity index (χ3v) is 5.03. The van der Waals surface area contributed by atoms with Crippen molar-refractivity contribution < 1.29 is 13.2 Å². The Morgan fingerprint density at radius 2 is 1.91 bits per heavy atom. The lowest BCUT2D eigenvalue weighted by Gasteiger charge is -2.09. The Bertz CT molecular complexity index is 883. The van der Waals surface area contributed by atoms with Crippen molar-refractivity contribution in [2.24, 2.45) is 0 Å². The summed E-state index contributed by atoms with van der Waals surface area (Å²) in [6, 6.07) is 12.6. The van der Waals surface area contributed by atoms with Gasteiger partial charge in [-0.05, 0) is 30.7 Å². The number of carbonyl (C=O) groups is 1. The van der Waals surface area contributed by atoms with Gasteiger partial charge in [-0.2, -0.15) is 0 Å². The standard InChI is InChI=1S/C17H15NO3S/c1-12-4-2-5-13(10-12)11-18-17(19)15-6-3-7-16-14(15)8-9-22(16,20)21/h2-10H,11H2,1H3,(H,18,19). The molecule has 0 bridgehead atoms. The summed E-state index contributed by atoms with van der Waals surface area (Å²) in [5.74, 6) is -0.278. The first-order chi connectivity index (χ1) is 10.5. The van der Waals surface area contributed by atoms with Crippen LogP contribution in [-0.2, 0) is 16.4 Å².